The van der Waals surface area contributed by atoms with Gasteiger partial charge < -0.3 is 10.6 Å². The summed E-state index contributed by atoms with van der Waals surface area (Å²) in [5.41, 5.74) is 0. The Morgan fingerprint density at radius 2 is 2.20 bits per heavy atom. The van der Waals surface area contributed by atoms with Gasteiger partial charge in [0, 0.05) is 37.9 Å². The maximum atomic E-state index is 11.8. The fourth-order valence-electron chi connectivity index (χ4n) is 1.35. The van der Waals surface area contributed by atoms with Gasteiger partial charge in [-0.25, -0.2) is 13.1 Å². The van der Waals surface area contributed by atoms with E-state index < -0.39 is 10.0 Å². The van der Waals surface area contributed by atoms with E-state index in [-0.39, 0.29) is 29.8 Å². The molecule has 0 spiro atoms. The zero-order valence-corrected chi connectivity index (χ0v) is 12.4. The highest BCUT2D eigenvalue weighted by atomic mass is 32.2. The number of nitrogens with one attached hydrogen (secondary N) is 3. The minimum atomic E-state index is -3.60. The normalized spacial score (nSPS) is 12.9. The van der Waals surface area contributed by atoms with E-state index in [1.807, 2.05) is 6.92 Å². The lowest BCUT2D eigenvalue weighted by Gasteiger charge is -2.11. The Morgan fingerprint density at radius 3 is 2.80 bits per heavy atom. The van der Waals surface area contributed by atoms with Gasteiger partial charge in [0.15, 0.2) is 0 Å². The molecular formula is C12H20N4O3S. The third-order valence-corrected chi connectivity index (χ3v) is 4.13. The van der Waals surface area contributed by atoms with Gasteiger partial charge in [0.25, 0.3) is 0 Å². The first-order valence-corrected chi connectivity index (χ1v) is 7.77. The van der Waals surface area contributed by atoms with Gasteiger partial charge in [0.05, 0.1) is 0 Å². The topological polar surface area (TPSA) is 100 Å². The van der Waals surface area contributed by atoms with Crippen molar-refractivity contribution in [2.75, 3.05) is 20.1 Å². The van der Waals surface area contributed by atoms with Gasteiger partial charge in [-0.1, -0.05) is 0 Å². The number of carbonyl (C=O) groups excluding carboxylic acids is 1. The predicted octanol–water partition coefficient (Wildman–Crippen LogP) is -0.526. The molecule has 1 heterocycles. The summed E-state index contributed by atoms with van der Waals surface area (Å²) in [5, 5.41) is 5.70. The molecule has 0 aliphatic rings. The summed E-state index contributed by atoms with van der Waals surface area (Å²) < 4.78 is 26.0. The fraction of sp³-hybridized carbons (Fsp3) is 0.500. The fourth-order valence-corrected chi connectivity index (χ4v) is 2.34. The number of pyridine rings is 1. The molecule has 1 unspecified atom stereocenters. The van der Waals surface area contributed by atoms with E-state index in [4.69, 9.17) is 0 Å². The quantitative estimate of drug-likeness (QED) is 0.599. The van der Waals surface area contributed by atoms with Gasteiger partial charge in [0.1, 0.15) is 4.90 Å². The monoisotopic (exact) mass is 300 g/mol. The summed E-state index contributed by atoms with van der Waals surface area (Å²) in [6, 6.07) is 3.16. The number of sulfonamides is 1. The highest BCUT2D eigenvalue weighted by Crippen LogP contribution is 2.04. The van der Waals surface area contributed by atoms with Gasteiger partial charge in [-0.15, -0.1) is 0 Å². The summed E-state index contributed by atoms with van der Waals surface area (Å²) in [7, 11) is -1.79. The van der Waals surface area contributed by atoms with Crippen LogP contribution >= 0.6 is 0 Å². The second-order valence-electron chi connectivity index (χ2n) is 4.33. The van der Waals surface area contributed by atoms with Gasteiger partial charge in [-0.2, -0.15) is 0 Å². The Hall–Kier alpha value is -1.51. The average molecular weight is 300 g/mol. The van der Waals surface area contributed by atoms with Crippen LogP contribution in [-0.2, 0) is 14.8 Å². The van der Waals surface area contributed by atoms with Crippen molar-refractivity contribution in [2.24, 2.45) is 0 Å². The van der Waals surface area contributed by atoms with E-state index in [9.17, 15) is 13.2 Å². The number of hydrogen-bond acceptors (Lipinski definition) is 5. The zero-order valence-electron chi connectivity index (χ0n) is 11.6. The van der Waals surface area contributed by atoms with Gasteiger partial charge in [-0.05, 0) is 26.1 Å². The Kier molecular flexibility index (Phi) is 6.56. The molecular weight excluding hydrogens is 280 g/mol. The largest absolute Gasteiger partial charge is 0.355 e. The van der Waals surface area contributed by atoms with E-state index in [0.717, 1.165) is 0 Å². The number of carbonyl (C=O) groups is 1. The lowest BCUT2D eigenvalue weighted by atomic mass is 10.3. The number of rotatable bonds is 8. The lowest BCUT2D eigenvalue weighted by Crippen LogP contribution is -2.38. The third-order valence-electron chi connectivity index (χ3n) is 2.69. The average Bonchev–Trinajstić information content (AvgIpc) is 2.45. The molecule has 0 saturated heterocycles. The molecule has 0 bridgehead atoms. The van der Waals surface area contributed by atoms with Crippen LogP contribution in [0.1, 0.15) is 13.3 Å². The van der Waals surface area contributed by atoms with Crippen molar-refractivity contribution in [3.8, 4) is 0 Å². The minimum absolute atomic E-state index is 0.0526. The number of likely N-dealkylation sites (N-methyl/N-ethyl adjacent to an activating group) is 1. The summed E-state index contributed by atoms with van der Waals surface area (Å²) in [5.74, 6) is -0.194. The molecule has 20 heavy (non-hydrogen) atoms. The maximum absolute atomic E-state index is 11.8. The van der Waals surface area contributed by atoms with Crippen LogP contribution in [0.4, 0.5) is 0 Å². The Bertz CT molecular complexity index is 519. The first-order chi connectivity index (χ1) is 9.45. The number of aromatic nitrogens is 1. The summed E-state index contributed by atoms with van der Waals surface area (Å²) in [4.78, 5) is 15.3. The van der Waals surface area contributed by atoms with Gasteiger partial charge in [-0.3, -0.25) is 9.78 Å². The van der Waals surface area contributed by atoms with Gasteiger partial charge in [0.2, 0.25) is 15.9 Å². The Labute approximate surface area is 119 Å². The Morgan fingerprint density at radius 1 is 1.45 bits per heavy atom. The van der Waals surface area contributed by atoms with E-state index in [0.29, 0.717) is 6.54 Å². The summed E-state index contributed by atoms with van der Waals surface area (Å²) in [6.07, 6.45) is 2.85. The highest BCUT2D eigenvalue weighted by molar-refractivity contribution is 7.89. The van der Waals surface area contributed by atoms with Crippen LogP contribution in [-0.4, -0.2) is 45.5 Å². The second kappa shape index (κ2) is 7.93. The molecule has 0 aromatic carbocycles. The SMILES string of the molecule is CNC(C)CNC(=O)CCNS(=O)(=O)c1cccnc1. The van der Waals surface area contributed by atoms with E-state index in [2.05, 4.69) is 20.3 Å². The molecule has 0 saturated carbocycles. The molecule has 8 heteroatoms. The van der Waals surface area contributed by atoms with E-state index >= 15 is 0 Å². The molecule has 3 N–H and O–H groups in total. The first kappa shape index (κ1) is 16.5. The number of amides is 1. The summed E-state index contributed by atoms with van der Waals surface area (Å²) >= 11 is 0. The number of nitrogens with zero attached hydrogens (tertiary/aromatic N) is 1. The smallest absolute Gasteiger partial charge is 0.242 e. The molecule has 1 aromatic rings. The van der Waals surface area contributed by atoms with Crippen LogP contribution in [0.2, 0.25) is 0 Å². The molecule has 7 nitrogen and oxygen atoms in total. The van der Waals surface area contributed by atoms with Crippen molar-refractivity contribution in [3.05, 3.63) is 24.5 Å². The first-order valence-electron chi connectivity index (χ1n) is 6.29. The molecule has 0 aliphatic heterocycles. The van der Waals surface area contributed by atoms with Gasteiger partial charge >= 0.3 is 0 Å². The molecule has 0 fully saturated rings. The van der Waals surface area contributed by atoms with Crippen LogP contribution < -0.4 is 15.4 Å². The van der Waals surface area contributed by atoms with E-state index in [1.165, 1.54) is 18.5 Å². The minimum Gasteiger partial charge on any atom is -0.355 e. The lowest BCUT2D eigenvalue weighted by molar-refractivity contribution is -0.121. The van der Waals surface area contributed by atoms with Crippen LogP contribution in [0.25, 0.3) is 0 Å². The highest BCUT2D eigenvalue weighted by Gasteiger charge is 2.13. The third kappa shape index (κ3) is 5.64. The van der Waals surface area contributed by atoms with Crippen LogP contribution in [0.5, 0.6) is 0 Å². The molecule has 1 rings (SSSR count). The molecule has 1 atom stereocenters. The van der Waals surface area contributed by atoms with Crippen molar-refractivity contribution in [2.45, 2.75) is 24.3 Å². The second-order valence-corrected chi connectivity index (χ2v) is 6.10. The molecule has 0 radical (unpaired) electrons. The predicted molar refractivity (Wildman–Crippen MR) is 75.6 cm³/mol. The van der Waals surface area contributed by atoms with Crippen molar-refractivity contribution >= 4 is 15.9 Å². The van der Waals surface area contributed by atoms with E-state index in [1.54, 1.807) is 13.1 Å². The zero-order chi connectivity index (χ0) is 15.0. The van der Waals surface area contributed by atoms with Crippen molar-refractivity contribution in [3.63, 3.8) is 0 Å². The van der Waals surface area contributed by atoms with Crippen LogP contribution in [0.15, 0.2) is 29.4 Å². The molecule has 0 aliphatic carbocycles. The standard InChI is InChI=1S/C12H20N4O3S/c1-10(13-2)8-15-12(17)5-7-16-20(18,19)11-4-3-6-14-9-11/h3-4,6,9-10,13,16H,5,7-8H2,1-2H3,(H,15,17). The van der Waals surface area contributed by atoms with Crippen molar-refractivity contribution in [1.29, 1.82) is 0 Å². The molecule has 1 amide bonds. The number of hydrogen-bond donors (Lipinski definition) is 3. The summed E-state index contributed by atoms with van der Waals surface area (Å²) in [6.45, 7) is 2.49. The van der Waals surface area contributed by atoms with Crippen LogP contribution in [0, 0.1) is 0 Å². The molecule has 112 valence electrons. The maximum Gasteiger partial charge on any atom is 0.242 e. The molecule has 1 aromatic heterocycles. The Balaban J connectivity index is 2.35. The van der Waals surface area contributed by atoms with Crippen molar-refractivity contribution < 1.29 is 13.2 Å². The van der Waals surface area contributed by atoms with Crippen molar-refractivity contribution in [1.82, 2.24) is 20.3 Å². The van der Waals surface area contributed by atoms with Crippen LogP contribution in [0.3, 0.4) is 0 Å².